The number of hydrogen-bond acceptors (Lipinski definition) is 4. The first-order valence-electron chi connectivity index (χ1n) is 8.20. The van der Waals surface area contributed by atoms with E-state index in [4.69, 9.17) is 4.42 Å². The molecule has 1 amide bonds. The molecule has 1 aliphatic carbocycles. The van der Waals surface area contributed by atoms with Gasteiger partial charge in [0.1, 0.15) is 0 Å². The van der Waals surface area contributed by atoms with Gasteiger partial charge in [0.25, 0.3) is 5.91 Å². The van der Waals surface area contributed by atoms with Crippen molar-refractivity contribution in [1.82, 2.24) is 15.2 Å². The molecule has 1 saturated heterocycles. The SMILES string of the molecule is O=C(NCC1CCCN(CC2CCCC2)C1)c1cnco1. The van der Waals surface area contributed by atoms with Crippen LogP contribution in [0.5, 0.6) is 0 Å². The van der Waals surface area contributed by atoms with Crippen LogP contribution < -0.4 is 5.32 Å². The first-order chi connectivity index (χ1) is 10.3. The zero-order valence-electron chi connectivity index (χ0n) is 12.6. The van der Waals surface area contributed by atoms with Crippen LogP contribution >= 0.6 is 0 Å². The molecule has 0 aromatic carbocycles. The normalized spacial score (nSPS) is 24.3. The molecule has 1 saturated carbocycles. The number of carbonyl (C=O) groups is 1. The Morgan fingerprint density at radius 3 is 2.86 bits per heavy atom. The van der Waals surface area contributed by atoms with E-state index in [1.807, 2.05) is 0 Å². The maximum Gasteiger partial charge on any atom is 0.288 e. The molecule has 1 aromatic heterocycles. The number of nitrogens with zero attached hydrogens (tertiary/aromatic N) is 2. The fourth-order valence-electron chi connectivity index (χ4n) is 3.69. The van der Waals surface area contributed by atoms with Crippen LogP contribution in [0.15, 0.2) is 17.0 Å². The fraction of sp³-hybridized carbons (Fsp3) is 0.750. The number of nitrogens with one attached hydrogen (secondary N) is 1. The number of oxazole rings is 1. The molecule has 5 heteroatoms. The molecule has 0 radical (unpaired) electrons. The van der Waals surface area contributed by atoms with Crippen LogP contribution in [-0.4, -0.2) is 42.0 Å². The molecule has 0 spiro atoms. The van der Waals surface area contributed by atoms with Crippen LogP contribution in [0.3, 0.4) is 0 Å². The number of carbonyl (C=O) groups excluding carboxylic acids is 1. The van der Waals surface area contributed by atoms with Gasteiger partial charge in [-0.1, -0.05) is 12.8 Å². The van der Waals surface area contributed by atoms with Crippen molar-refractivity contribution in [3.8, 4) is 0 Å². The Balaban J connectivity index is 1.42. The van der Waals surface area contributed by atoms with E-state index in [1.54, 1.807) is 0 Å². The van der Waals surface area contributed by atoms with Crippen molar-refractivity contribution in [3.05, 3.63) is 18.4 Å². The lowest BCUT2D eigenvalue weighted by Crippen LogP contribution is -2.42. The third-order valence-corrected chi connectivity index (χ3v) is 4.80. The van der Waals surface area contributed by atoms with Gasteiger partial charge >= 0.3 is 0 Å². The number of hydrogen-bond donors (Lipinski definition) is 1. The number of amides is 1. The van der Waals surface area contributed by atoms with Gasteiger partial charge in [0.2, 0.25) is 5.76 Å². The van der Waals surface area contributed by atoms with E-state index in [1.165, 1.54) is 64.2 Å². The molecule has 2 heterocycles. The van der Waals surface area contributed by atoms with Gasteiger partial charge in [-0.15, -0.1) is 0 Å². The highest BCUT2D eigenvalue weighted by molar-refractivity contribution is 5.90. The van der Waals surface area contributed by atoms with Crippen molar-refractivity contribution in [1.29, 1.82) is 0 Å². The highest BCUT2D eigenvalue weighted by Gasteiger charge is 2.24. The Kier molecular flexibility index (Phi) is 4.91. The highest BCUT2D eigenvalue weighted by atomic mass is 16.3. The van der Waals surface area contributed by atoms with Gasteiger partial charge < -0.3 is 14.6 Å². The van der Waals surface area contributed by atoms with Gasteiger partial charge in [0.05, 0.1) is 6.20 Å². The summed E-state index contributed by atoms with van der Waals surface area (Å²) in [6.07, 6.45) is 10.8. The second kappa shape index (κ2) is 7.07. The lowest BCUT2D eigenvalue weighted by Gasteiger charge is -2.34. The number of aromatic nitrogens is 1. The predicted octanol–water partition coefficient (Wildman–Crippen LogP) is 2.31. The van der Waals surface area contributed by atoms with Gasteiger partial charge in [-0.2, -0.15) is 0 Å². The first-order valence-corrected chi connectivity index (χ1v) is 8.20. The maximum absolute atomic E-state index is 11.9. The van der Waals surface area contributed by atoms with Crippen LogP contribution in [0.1, 0.15) is 49.1 Å². The van der Waals surface area contributed by atoms with Crippen LogP contribution in [0.25, 0.3) is 0 Å². The van der Waals surface area contributed by atoms with Gasteiger partial charge in [0.15, 0.2) is 6.39 Å². The second-order valence-electron chi connectivity index (χ2n) is 6.49. The van der Waals surface area contributed by atoms with Crippen LogP contribution in [0.4, 0.5) is 0 Å². The van der Waals surface area contributed by atoms with Crippen molar-refractivity contribution in [2.24, 2.45) is 11.8 Å². The molecule has 21 heavy (non-hydrogen) atoms. The summed E-state index contributed by atoms with van der Waals surface area (Å²) in [5, 5.41) is 2.97. The minimum absolute atomic E-state index is 0.152. The Morgan fingerprint density at radius 2 is 2.10 bits per heavy atom. The monoisotopic (exact) mass is 291 g/mol. The zero-order chi connectivity index (χ0) is 14.5. The Labute approximate surface area is 126 Å². The summed E-state index contributed by atoms with van der Waals surface area (Å²) in [5.41, 5.74) is 0. The topological polar surface area (TPSA) is 58.4 Å². The Bertz CT molecular complexity index is 440. The van der Waals surface area contributed by atoms with Gasteiger partial charge in [0, 0.05) is 19.6 Å². The molecule has 1 aromatic rings. The minimum atomic E-state index is -0.152. The number of likely N-dealkylation sites (tertiary alicyclic amines) is 1. The zero-order valence-corrected chi connectivity index (χ0v) is 12.6. The van der Waals surface area contributed by atoms with E-state index in [-0.39, 0.29) is 5.91 Å². The summed E-state index contributed by atoms with van der Waals surface area (Å²) in [7, 11) is 0. The van der Waals surface area contributed by atoms with Crippen molar-refractivity contribution in [2.45, 2.75) is 38.5 Å². The van der Waals surface area contributed by atoms with E-state index in [9.17, 15) is 4.79 Å². The molecule has 2 fully saturated rings. The molecular formula is C16H25N3O2. The van der Waals surface area contributed by atoms with E-state index in [2.05, 4.69) is 15.2 Å². The van der Waals surface area contributed by atoms with E-state index < -0.39 is 0 Å². The molecule has 1 atom stereocenters. The quantitative estimate of drug-likeness (QED) is 0.904. The van der Waals surface area contributed by atoms with E-state index in [0.29, 0.717) is 11.7 Å². The summed E-state index contributed by atoms with van der Waals surface area (Å²) in [5.74, 6) is 1.62. The lowest BCUT2D eigenvalue weighted by molar-refractivity contribution is 0.0900. The Hall–Kier alpha value is -1.36. The van der Waals surface area contributed by atoms with Crippen LogP contribution in [0, 0.1) is 11.8 Å². The number of rotatable bonds is 5. The lowest BCUT2D eigenvalue weighted by atomic mass is 9.96. The molecule has 1 N–H and O–H groups in total. The molecule has 1 unspecified atom stereocenters. The summed E-state index contributed by atoms with van der Waals surface area (Å²) < 4.78 is 5.01. The van der Waals surface area contributed by atoms with Crippen molar-refractivity contribution in [2.75, 3.05) is 26.2 Å². The van der Waals surface area contributed by atoms with Crippen LogP contribution in [-0.2, 0) is 0 Å². The largest absolute Gasteiger partial charge is 0.438 e. The van der Waals surface area contributed by atoms with Crippen molar-refractivity contribution >= 4 is 5.91 Å². The Morgan fingerprint density at radius 1 is 1.29 bits per heavy atom. The molecule has 0 bridgehead atoms. The fourth-order valence-corrected chi connectivity index (χ4v) is 3.69. The average molecular weight is 291 g/mol. The van der Waals surface area contributed by atoms with Crippen molar-refractivity contribution in [3.63, 3.8) is 0 Å². The number of piperidine rings is 1. The second-order valence-corrected chi connectivity index (χ2v) is 6.49. The summed E-state index contributed by atoms with van der Waals surface area (Å²) in [6, 6.07) is 0. The third-order valence-electron chi connectivity index (χ3n) is 4.80. The molecule has 116 valence electrons. The standard InChI is InChI=1S/C16H25N3O2/c20-16(15-9-17-12-21-15)18-8-14-6-3-7-19(11-14)10-13-4-1-2-5-13/h9,12-14H,1-8,10-11H2,(H,18,20). The molecule has 1 aliphatic heterocycles. The van der Waals surface area contributed by atoms with Gasteiger partial charge in [-0.3, -0.25) is 4.79 Å². The van der Waals surface area contributed by atoms with E-state index >= 15 is 0 Å². The maximum atomic E-state index is 11.9. The summed E-state index contributed by atoms with van der Waals surface area (Å²) >= 11 is 0. The minimum Gasteiger partial charge on any atom is -0.438 e. The molecular weight excluding hydrogens is 266 g/mol. The average Bonchev–Trinajstić information content (AvgIpc) is 3.18. The van der Waals surface area contributed by atoms with Crippen LogP contribution in [0.2, 0.25) is 0 Å². The van der Waals surface area contributed by atoms with E-state index in [0.717, 1.165) is 19.0 Å². The van der Waals surface area contributed by atoms with Gasteiger partial charge in [-0.25, -0.2) is 4.98 Å². The van der Waals surface area contributed by atoms with Crippen molar-refractivity contribution < 1.29 is 9.21 Å². The summed E-state index contributed by atoms with van der Waals surface area (Å²) in [6.45, 7) is 4.34. The molecule has 3 rings (SSSR count). The molecule has 5 nitrogen and oxygen atoms in total. The summed E-state index contributed by atoms with van der Waals surface area (Å²) in [4.78, 5) is 18.2. The smallest absolute Gasteiger partial charge is 0.288 e. The predicted molar refractivity (Wildman–Crippen MR) is 80.0 cm³/mol. The molecule has 2 aliphatic rings. The third kappa shape index (κ3) is 4.06. The highest BCUT2D eigenvalue weighted by Crippen LogP contribution is 2.27. The van der Waals surface area contributed by atoms with Gasteiger partial charge in [-0.05, 0) is 44.1 Å². The first kappa shape index (κ1) is 14.6.